The van der Waals surface area contributed by atoms with Crippen LogP contribution >= 0.6 is 31.9 Å². The first-order valence-corrected chi connectivity index (χ1v) is 7.90. The molecule has 1 unspecified atom stereocenters. The molecule has 2 N–H and O–H groups in total. The molecular formula is C14H21Br2NO3. The number of aliphatic hydroxyl groups excluding tert-OH is 1. The fourth-order valence-electron chi connectivity index (χ4n) is 1.45. The van der Waals surface area contributed by atoms with E-state index in [4.69, 9.17) is 9.47 Å². The van der Waals surface area contributed by atoms with Crippen LogP contribution in [0, 0.1) is 0 Å². The van der Waals surface area contributed by atoms with Gasteiger partial charge in [-0.1, -0.05) is 0 Å². The number of hydrogen-bond donors (Lipinski definition) is 2. The van der Waals surface area contributed by atoms with Crippen LogP contribution in [0.3, 0.4) is 0 Å². The van der Waals surface area contributed by atoms with Crippen molar-refractivity contribution >= 4 is 37.5 Å². The Hall–Kier alpha value is -0.300. The summed E-state index contributed by atoms with van der Waals surface area (Å²) >= 11 is 6.89. The Kier molecular flexibility index (Phi) is 6.78. The van der Waals surface area contributed by atoms with Gasteiger partial charge in [0.05, 0.1) is 35.6 Å². The van der Waals surface area contributed by atoms with E-state index < -0.39 is 6.10 Å². The summed E-state index contributed by atoms with van der Waals surface area (Å²) in [6.07, 6.45) is -0.573. The van der Waals surface area contributed by atoms with E-state index in [1.165, 1.54) is 0 Å². The van der Waals surface area contributed by atoms with Crippen molar-refractivity contribution in [2.24, 2.45) is 0 Å². The minimum absolute atomic E-state index is 0.248. The predicted molar refractivity (Wildman–Crippen MR) is 88.6 cm³/mol. The maximum atomic E-state index is 9.90. The molecule has 0 aliphatic heterocycles. The van der Waals surface area contributed by atoms with E-state index in [2.05, 4.69) is 37.2 Å². The van der Waals surface area contributed by atoms with Crippen molar-refractivity contribution in [1.29, 1.82) is 0 Å². The Bertz CT molecular complexity index is 447. The summed E-state index contributed by atoms with van der Waals surface area (Å²) in [6, 6.07) is 3.77. The Morgan fingerprint density at radius 2 is 1.90 bits per heavy atom. The van der Waals surface area contributed by atoms with Gasteiger partial charge in [-0.25, -0.2) is 0 Å². The Morgan fingerprint density at radius 3 is 2.45 bits per heavy atom. The highest BCUT2D eigenvalue weighted by atomic mass is 79.9. The van der Waals surface area contributed by atoms with Gasteiger partial charge in [0, 0.05) is 17.1 Å². The van der Waals surface area contributed by atoms with Crippen molar-refractivity contribution < 1.29 is 14.6 Å². The zero-order chi connectivity index (χ0) is 15.3. The van der Waals surface area contributed by atoms with Gasteiger partial charge >= 0.3 is 0 Å². The molecule has 1 atom stereocenters. The van der Waals surface area contributed by atoms with Crippen LogP contribution < -0.4 is 10.1 Å². The van der Waals surface area contributed by atoms with E-state index >= 15 is 0 Å². The van der Waals surface area contributed by atoms with E-state index in [9.17, 15) is 5.11 Å². The van der Waals surface area contributed by atoms with Gasteiger partial charge in [0.2, 0.25) is 0 Å². The third-order valence-corrected chi connectivity index (χ3v) is 3.75. The molecule has 0 spiro atoms. The molecule has 0 saturated heterocycles. The van der Waals surface area contributed by atoms with Gasteiger partial charge in [0.1, 0.15) is 5.75 Å². The third kappa shape index (κ3) is 5.99. The number of hydrogen-bond acceptors (Lipinski definition) is 4. The van der Waals surface area contributed by atoms with Gasteiger partial charge in [-0.3, -0.25) is 0 Å². The molecule has 0 aromatic heterocycles. The lowest BCUT2D eigenvalue weighted by atomic mass is 10.2. The minimum atomic E-state index is -0.573. The maximum absolute atomic E-state index is 9.90. The summed E-state index contributed by atoms with van der Waals surface area (Å²) in [5.74, 6) is 0.733. The highest BCUT2D eigenvalue weighted by Gasteiger charge is 2.14. The van der Waals surface area contributed by atoms with Crippen LogP contribution in [0.25, 0.3) is 0 Å². The summed E-state index contributed by atoms with van der Waals surface area (Å²) in [5.41, 5.74) is 0.613. The number of benzene rings is 1. The maximum Gasteiger partial charge on any atom is 0.135 e. The predicted octanol–water partition coefficient (Wildman–Crippen LogP) is 3.81. The van der Waals surface area contributed by atoms with E-state index in [1.807, 2.05) is 32.9 Å². The van der Waals surface area contributed by atoms with Gasteiger partial charge in [-0.15, -0.1) is 0 Å². The van der Waals surface area contributed by atoms with Gasteiger partial charge in [-0.05, 0) is 58.7 Å². The molecule has 0 bridgehead atoms. The largest absolute Gasteiger partial charge is 0.495 e. The number of halogens is 2. The summed E-state index contributed by atoms with van der Waals surface area (Å²) in [7, 11) is 1.61. The molecule has 1 aromatic rings. The topological polar surface area (TPSA) is 50.7 Å². The van der Waals surface area contributed by atoms with Crippen molar-refractivity contribution in [2.75, 3.05) is 25.6 Å². The van der Waals surface area contributed by atoms with Crippen LogP contribution in [0.2, 0.25) is 0 Å². The first-order valence-electron chi connectivity index (χ1n) is 6.32. The van der Waals surface area contributed by atoms with Gasteiger partial charge in [-0.2, -0.15) is 0 Å². The quantitative estimate of drug-likeness (QED) is 0.748. The molecule has 0 fully saturated rings. The average molecular weight is 411 g/mol. The summed E-state index contributed by atoms with van der Waals surface area (Å²) < 4.78 is 12.6. The van der Waals surface area contributed by atoms with Crippen LogP contribution in [0.1, 0.15) is 20.8 Å². The molecule has 0 heterocycles. The first-order chi connectivity index (χ1) is 9.23. The van der Waals surface area contributed by atoms with E-state index in [0.717, 1.165) is 20.4 Å². The van der Waals surface area contributed by atoms with Crippen molar-refractivity contribution in [3.63, 3.8) is 0 Å². The molecule has 0 saturated carbocycles. The molecule has 6 heteroatoms. The van der Waals surface area contributed by atoms with Crippen LogP contribution in [0.15, 0.2) is 21.1 Å². The van der Waals surface area contributed by atoms with E-state index in [-0.39, 0.29) is 5.60 Å². The SMILES string of the molecule is COc1cc(NCC(O)COC(C)(C)C)c(Br)cc1Br. The van der Waals surface area contributed by atoms with Crippen molar-refractivity contribution in [1.82, 2.24) is 0 Å². The number of methoxy groups -OCH3 is 1. The second-order valence-electron chi connectivity index (χ2n) is 5.42. The molecule has 20 heavy (non-hydrogen) atoms. The molecular weight excluding hydrogens is 390 g/mol. The lowest BCUT2D eigenvalue weighted by molar-refractivity contribution is -0.0449. The molecule has 0 aliphatic rings. The number of anilines is 1. The summed E-state index contributed by atoms with van der Waals surface area (Å²) in [4.78, 5) is 0. The molecule has 114 valence electrons. The number of nitrogens with one attached hydrogen (secondary N) is 1. The lowest BCUT2D eigenvalue weighted by Crippen LogP contribution is -2.30. The Balaban J connectivity index is 2.57. The number of ether oxygens (including phenoxy) is 2. The zero-order valence-corrected chi connectivity index (χ0v) is 15.3. The molecule has 0 amide bonds. The van der Waals surface area contributed by atoms with Gasteiger partial charge < -0.3 is 19.9 Å². The number of aliphatic hydroxyl groups is 1. The van der Waals surface area contributed by atoms with E-state index in [0.29, 0.717) is 13.2 Å². The van der Waals surface area contributed by atoms with Gasteiger partial charge in [0.15, 0.2) is 0 Å². The normalized spacial score (nSPS) is 13.2. The summed E-state index contributed by atoms with van der Waals surface area (Å²) in [6.45, 7) is 6.58. The average Bonchev–Trinajstić information content (AvgIpc) is 2.34. The summed E-state index contributed by atoms with van der Waals surface area (Å²) in [5, 5.41) is 13.1. The smallest absolute Gasteiger partial charge is 0.135 e. The van der Waals surface area contributed by atoms with Crippen LogP contribution in [-0.2, 0) is 4.74 Å². The fourth-order valence-corrected chi connectivity index (χ4v) is 2.75. The molecule has 1 rings (SSSR count). The van der Waals surface area contributed by atoms with Crippen LogP contribution in [-0.4, -0.2) is 37.1 Å². The van der Waals surface area contributed by atoms with E-state index in [1.54, 1.807) is 7.11 Å². The second kappa shape index (κ2) is 7.64. The first kappa shape index (κ1) is 17.8. The number of rotatable bonds is 6. The monoisotopic (exact) mass is 409 g/mol. The standard InChI is InChI=1S/C14H21Br2NO3/c1-14(2,3)20-8-9(18)7-17-12-6-13(19-4)11(16)5-10(12)15/h5-6,9,17-18H,7-8H2,1-4H3. The van der Waals surface area contributed by atoms with Gasteiger partial charge in [0.25, 0.3) is 0 Å². The Labute approximate surface area is 137 Å². The zero-order valence-electron chi connectivity index (χ0n) is 12.2. The van der Waals surface area contributed by atoms with Crippen LogP contribution in [0.5, 0.6) is 5.75 Å². The highest BCUT2D eigenvalue weighted by Crippen LogP contribution is 2.34. The highest BCUT2D eigenvalue weighted by molar-refractivity contribution is 9.11. The molecule has 4 nitrogen and oxygen atoms in total. The third-order valence-electron chi connectivity index (χ3n) is 2.48. The van der Waals surface area contributed by atoms with Crippen molar-refractivity contribution in [2.45, 2.75) is 32.5 Å². The minimum Gasteiger partial charge on any atom is -0.495 e. The second-order valence-corrected chi connectivity index (χ2v) is 7.13. The molecule has 1 aromatic carbocycles. The Morgan fingerprint density at radius 1 is 1.25 bits per heavy atom. The molecule has 0 radical (unpaired) electrons. The van der Waals surface area contributed by atoms with Crippen LogP contribution in [0.4, 0.5) is 5.69 Å². The van der Waals surface area contributed by atoms with Crippen molar-refractivity contribution in [3.05, 3.63) is 21.1 Å². The lowest BCUT2D eigenvalue weighted by Gasteiger charge is -2.22. The fraction of sp³-hybridized carbons (Fsp3) is 0.571. The van der Waals surface area contributed by atoms with Crippen molar-refractivity contribution in [3.8, 4) is 5.75 Å². The molecule has 0 aliphatic carbocycles.